The maximum Gasteiger partial charge on any atom is 0.252 e. The number of carbonyl (C=O) groups excluding carboxylic acids is 2. The molecule has 0 aliphatic rings. The summed E-state index contributed by atoms with van der Waals surface area (Å²) in [5.74, 6) is -0.0338. The molecule has 2 aromatic rings. The molecule has 0 aliphatic carbocycles. The second-order valence-corrected chi connectivity index (χ2v) is 8.23. The Morgan fingerprint density at radius 2 is 1.74 bits per heavy atom. The summed E-state index contributed by atoms with van der Waals surface area (Å²) >= 11 is 13.5. The Labute approximate surface area is 174 Å². The van der Waals surface area contributed by atoms with E-state index in [1.807, 2.05) is 32.9 Å². The minimum Gasteiger partial charge on any atom is -0.353 e. The van der Waals surface area contributed by atoms with Gasteiger partial charge < -0.3 is 10.6 Å². The number of carbonyl (C=O) groups is 2. The number of nitrogens with one attached hydrogen (secondary N) is 2. The van der Waals surface area contributed by atoms with Crippen molar-refractivity contribution in [3.8, 4) is 0 Å². The lowest BCUT2D eigenvalue weighted by Gasteiger charge is -2.17. The molecule has 1 unspecified atom stereocenters. The summed E-state index contributed by atoms with van der Waals surface area (Å²) in [6.07, 6.45) is 0. The summed E-state index contributed by atoms with van der Waals surface area (Å²) in [6.45, 7) is 5.68. The average molecular weight is 425 g/mol. The Hall–Kier alpha value is -1.69. The Bertz CT molecular complexity index is 827. The minimum atomic E-state index is -0.287. The molecule has 1 atom stereocenters. The van der Waals surface area contributed by atoms with Crippen molar-refractivity contribution in [3.05, 3.63) is 63.6 Å². The molecule has 144 valence electrons. The highest BCUT2D eigenvalue weighted by atomic mass is 35.5. The number of rotatable bonds is 7. The number of thioether (sulfide) groups is 1. The van der Waals surface area contributed by atoms with Crippen LogP contribution in [-0.2, 0) is 4.79 Å². The fourth-order valence-corrected chi connectivity index (χ4v) is 3.92. The normalized spacial score (nSPS) is 11.9. The monoisotopic (exact) mass is 424 g/mol. The second-order valence-electron chi connectivity index (χ2n) is 6.37. The minimum absolute atomic E-state index is 0.0634. The molecular weight excluding hydrogens is 403 g/mol. The Kier molecular flexibility index (Phi) is 8.02. The first-order valence-electron chi connectivity index (χ1n) is 8.55. The van der Waals surface area contributed by atoms with Crippen LogP contribution in [0.2, 0.25) is 10.0 Å². The molecule has 0 aliphatic heterocycles. The van der Waals surface area contributed by atoms with Gasteiger partial charge in [-0.15, -0.1) is 11.8 Å². The number of amides is 2. The van der Waals surface area contributed by atoms with Gasteiger partial charge in [0.1, 0.15) is 0 Å². The fraction of sp³-hybridized carbons (Fsp3) is 0.300. The van der Waals surface area contributed by atoms with Gasteiger partial charge in [-0.05, 0) is 50.6 Å². The van der Waals surface area contributed by atoms with Gasteiger partial charge in [0.15, 0.2) is 0 Å². The lowest BCUT2D eigenvalue weighted by atomic mass is 10.1. The van der Waals surface area contributed by atoms with Crippen molar-refractivity contribution in [2.45, 2.75) is 37.8 Å². The summed E-state index contributed by atoms with van der Waals surface area (Å²) in [7, 11) is 0. The quantitative estimate of drug-likeness (QED) is 0.607. The molecule has 4 nitrogen and oxygen atoms in total. The molecule has 2 amide bonds. The standard InChI is InChI=1S/C20H22Cl2N2O2S/c1-12(2)23-19(25)11-27-18-7-5-4-6-16(18)20(26)24-13(3)15-9-8-14(21)10-17(15)22/h4-10,12-13H,11H2,1-3H3,(H,23,25)(H,24,26). The number of hydrogen-bond donors (Lipinski definition) is 2. The third-order valence-corrected chi connectivity index (χ3v) is 5.35. The van der Waals surface area contributed by atoms with Crippen LogP contribution in [0.3, 0.4) is 0 Å². The maximum absolute atomic E-state index is 12.8. The van der Waals surface area contributed by atoms with Gasteiger partial charge in [0.2, 0.25) is 5.91 Å². The molecule has 7 heteroatoms. The van der Waals surface area contributed by atoms with Crippen LogP contribution in [0.1, 0.15) is 42.7 Å². The highest BCUT2D eigenvalue weighted by Crippen LogP contribution is 2.27. The van der Waals surface area contributed by atoms with Crippen LogP contribution in [-0.4, -0.2) is 23.6 Å². The van der Waals surface area contributed by atoms with Gasteiger partial charge >= 0.3 is 0 Å². The van der Waals surface area contributed by atoms with Crippen molar-refractivity contribution >= 4 is 46.8 Å². The van der Waals surface area contributed by atoms with Crippen molar-refractivity contribution in [1.29, 1.82) is 0 Å². The van der Waals surface area contributed by atoms with E-state index in [1.54, 1.807) is 30.3 Å². The third kappa shape index (κ3) is 6.45. The fourth-order valence-electron chi connectivity index (χ4n) is 2.49. The van der Waals surface area contributed by atoms with Crippen molar-refractivity contribution in [3.63, 3.8) is 0 Å². The first-order valence-corrected chi connectivity index (χ1v) is 10.3. The average Bonchev–Trinajstić information content (AvgIpc) is 2.59. The van der Waals surface area contributed by atoms with E-state index in [2.05, 4.69) is 10.6 Å². The largest absolute Gasteiger partial charge is 0.353 e. The zero-order valence-corrected chi connectivity index (χ0v) is 17.7. The van der Waals surface area contributed by atoms with Crippen LogP contribution in [0, 0.1) is 0 Å². The Morgan fingerprint density at radius 3 is 2.41 bits per heavy atom. The second kappa shape index (κ2) is 10.0. The lowest BCUT2D eigenvalue weighted by Crippen LogP contribution is -2.31. The third-order valence-electron chi connectivity index (χ3n) is 3.72. The van der Waals surface area contributed by atoms with E-state index in [-0.39, 0.29) is 29.7 Å². The van der Waals surface area contributed by atoms with Crippen molar-refractivity contribution in [2.24, 2.45) is 0 Å². The molecular formula is C20H22Cl2N2O2S. The van der Waals surface area contributed by atoms with Gasteiger partial charge in [-0.2, -0.15) is 0 Å². The molecule has 27 heavy (non-hydrogen) atoms. The van der Waals surface area contributed by atoms with E-state index in [9.17, 15) is 9.59 Å². The zero-order chi connectivity index (χ0) is 20.0. The van der Waals surface area contributed by atoms with E-state index in [0.29, 0.717) is 15.6 Å². The highest BCUT2D eigenvalue weighted by Gasteiger charge is 2.17. The lowest BCUT2D eigenvalue weighted by molar-refractivity contribution is -0.119. The predicted molar refractivity (Wildman–Crippen MR) is 113 cm³/mol. The summed E-state index contributed by atoms with van der Waals surface area (Å²) in [4.78, 5) is 25.4. The number of halogens is 2. The molecule has 0 spiro atoms. The summed E-state index contributed by atoms with van der Waals surface area (Å²) in [5.41, 5.74) is 1.31. The van der Waals surface area contributed by atoms with E-state index in [1.165, 1.54) is 11.8 Å². The number of benzene rings is 2. The highest BCUT2D eigenvalue weighted by molar-refractivity contribution is 8.00. The molecule has 0 radical (unpaired) electrons. The predicted octanol–water partition coefficient (Wildman–Crippen LogP) is 5.10. The summed E-state index contributed by atoms with van der Waals surface area (Å²) in [6, 6.07) is 12.2. The van der Waals surface area contributed by atoms with Crippen molar-refractivity contribution in [1.82, 2.24) is 10.6 Å². The van der Waals surface area contributed by atoms with E-state index in [4.69, 9.17) is 23.2 Å². The molecule has 2 rings (SSSR count). The van der Waals surface area contributed by atoms with Gasteiger partial charge in [-0.3, -0.25) is 9.59 Å². The molecule has 2 N–H and O–H groups in total. The van der Waals surface area contributed by atoms with Crippen LogP contribution in [0.15, 0.2) is 47.4 Å². The molecule has 0 heterocycles. The first kappa shape index (κ1) is 21.6. The van der Waals surface area contributed by atoms with Gasteiger partial charge in [-0.1, -0.05) is 41.4 Å². The zero-order valence-electron chi connectivity index (χ0n) is 15.4. The Balaban J connectivity index is 2.08. The van der Waals surface area contributed by atoms with Crippen molar-refractivity contribution in [2.75, 3.05) is 5.75 Å². The smallest absolute Gasteiger partial charge is 0.252 e. The SMILES string of the molecule is CC(C)NC(=O)CSc1ccccc1C(=O)NC(C)c1ccc(Cl)cc1Cl. The van der Waals surface area contributed by atoms with E-state index < -0.39 is 0 Å². The number of hydrogen-bond acceptors (Lipinski definition) is 3. The molecule has 0 saturated heterocycles. The molecule has 2 aromatic carbocycles. The molecule has 0 bridgehead atoms. The maximum atomic E-state index is 12.8. The Morgan fingerprint density at radius 1 is 1.04 bits per heavy atom. The van der Waals surface area contributed by atoms with Crippen LogP contribution in [0.25, 0.3) is 0 Å². The molecule has 0 saturated carbocycles. The summed E-state index contributed by atoms with van der Waals surface area (Å²) in [5, 5.41) is 6.84. The molecule has 0 fully saturated rings. The van der Waals surface area contributed by atoms with Gasteiger partial charge in [0, 0.05) is 21.0 Å². The van der Waals surface area contributed by atoms with Gasteiger partial charge in [0.25, 0.3) is 5.91 Å². The van der Waals surface area contributed by atoms with Crippen LogP contribution in [0.4, 0.5) is 0 Å². The van der Waals surface area contributed by atoms with Gasteiger partial charge in [0.05, 0.1) is 17.4 Å². The van der Waals surface area contributed by atoms with Crippen molar-refractivity contribution < 1.29 is 9.59 Å². The van der Waals surface area contributed by atoms with Crippen LogP contribution >= 0.6 is 35.0 Å². The van der Waals surface area contributed by atoms with E-state index in [0.717, 1.165) is 10.5 Å². The van der Waals surface area contributed by atoms with Crippen LogP contribution in [0.5, 0.6) is 0 Å². The summed E-state index contributed by atoms with van der Waals surface area (Å²) < 4.78 is 0. The van der Waals surface area contributed by atoms with Gasteiger partial charge in [-0.25, -0.2) is 0 Å². The molecule has 0 aromatic heterocycles. The topological polar surface area (TPSA) is 58.2 Å². The first-order chi connectivity index (χ1) is 12.8. The van der Waals surface area contributed by atoms with E-state index >= 15 is 0 Å². The van der Waals surface area contributed by atoms with Crippen LogP contribution < -0.4 is 10.6 Å².